The molecule has 1 aliphatic rings. The second kappa shape index (κ2) is 8.47. The van der Waals surface area contributed by atoms with E-state index >= 15 is 0 Å². The van der Waals surface area contributed by atoms with Crippen molar-refractivity contribution in [1.29, 1.82) is 0 Å². The van der Waals surface area contributed by atoms with Gasteiger partial charge < -0.3 is 14.6 Å². The van der Waals surface area contributed by atoms with Crippen LogP contribution in [0.2, 0.25) is 0 Å². The molecule has 0 aliphatic carbocycles. The number of carbonyl (C=O) groups excluding carboxylic acids is 1. The summed E-state index contributed by atoms with van der Waals surface area (Å²) in [4.78, 5) is 22.7. The second-order valence-corrected chi connectivity index (χ2v) is 7.89. The van der Waals surface area contributed by atoms with Gasteiger partial charge in [0.05, 0.1) is 23.9 Å². The molecule has 1 saturated heterocycles. The Balaban J connectivity index is 1.26. The number of halogens is 3. The Labute approximate surface area is 174 Å². The van der Waals surface area contributed by atoms with Crippen LogP contribution in [-0.2, 0) is 17.4 Å². The minimum absolute atomic E-state index is 0.0198. The summed E-state index contributed by atoms with van der Waals surface area (Å²) >= 11 is 1.43. The summed E-state index contributed by atoms with van der Waals surface area (Å²) in [6.07, 6.45) is -0.368. The predicted octanol–water partition coefficient (Wildman–Crippen LogP) is 4.14. The molecule has 1 fully saturated rings. The van der Waals surface area contributed by atoms with Crippen molar-refractivity contribution >= 4 is 23.1 Å². The van der Waals surface area contributed by atoms with E-state index in [0.29, 0.717) is 43.2 Å². The molecule has 0 aromatic carbocycles. The first-order valence-electron chi connectivity index (χ1n) is 9.44. The zero-order chi connectivity index (χ0) is 21.1. The summed E-state index contributed by atoms with van der Waals surface area (Å²) < 4.78 is 43.3. The molecule has 0 saturated carbocycles. The monoisotopic (exact) mass is 436 g/mol. The number of thiazole rings is 1. The van der Waals surface area contributed by atoms with Gasteiger partial charge in [-0.3, -0.25) is 4.79 Å². The summed E-state index contributed by atoms with van der Waals surface area (Å²) in [7, 11) is 0. The van der Waals surface area contributed by atoms with Gasteiger partial charge in [0.15, 0.2) is 10.8 Å². The van der Waals surface area contributed by atoms with E-state index in [2.05, 4.69) is 15.3 Å². The lowest BCUT2D eigenvalue weighted by Gasteiger charge is -2.33. The first-order valence-corrected chi connectivity index (χ1v) is 10.3. The maximum atomic E-state index is 12.7. The minimum atomic E-state index is -4.39. The molecule has 4 heterocycles. The molecule has 1 amide bonds. The molecule has 4 rings (SSSR count). The average Bonchev–Trinajstić information content (AvgIpc) is 3.40. The van der Waals surface area contributed by atoms with Gasteiger partial charge in [0.25, 0.3) is 0 Å². The Kier molecular flexibility index (Phi) is 5.76. The number of rotatable bonds is 5. The zero-order valence-corrected chi connectivity index (χ0v) is 16.7. The van der Waals surface area contributed by atoms with Gasteiger partial charge in [0.1, 0.15) is 5.82 Å². The van der Waals surface area contributed by atoms with E-state index in [1.807, 2.05) is 16.3 Å². The molecule has 3 aromatic heterocycles. The van der Waals surface area contributed by atoms with Crippen LogP contribution in [0.1, 0.15) is 24.1 Å². The molecule has 30 heavy (non-hydrogen) atoms. The number of piperidine rings is 1. The number of pyridine rings is 1. The maximum absolute atomic E-state index is 12.7. The predicted molar refractivity (Wildman–Crippen MR) is 106 cm³/mol. The van der Waals surface area contributed by atoms with Gasteiger partial charge in [0, 0.05) is 30.7 Å². The fraction of sp³-hybridized carbons (Fsp3) is 0.350. The van der Waals surface area contributed by atoms with E-state index in [0.717, 1.165) is 17.3 Å². The Morgan fingerprint density at radius 3 is 2.70 bits per heavy atom. The largest absolute Gasteiger partial charge is 0.462 e. The quantitative estimate of drug-likeness (QED) is 0.651. The third-order valence-electron chi connectivity index (χ3n) is 4.88. The number of carbonyl (C=O) groups is 1. The van der Waals surface area contributed by atoms with Gasteiger partial charge in [0.2, 0.25) is 5.91 Å². The molecule has 6 nitrogen and oxygen atoms in total. The highest BCUT2D eigenvalue weighted by molar-refractivity contribution is 7.13. The highest BCUT2D eigenvalue weighted by Crippen LogP contribution is 2.30. The summed E-state index contributed by atoms with van der Waals surface area (Å²) in [6, 6.07) is 6.06. The van der Waals surface area contributed by atoms with Gasteiger partial charge in [-0.15, -0.1) is 11.3 Å². The number of alkyl halides is 3. The molecule has 0 spiro atoms. The lowest BCUT2D eigenvalue weighted by Crippen LogP contribution is -2.45. The highest BCUT2D eigenvalue weighted by Gasteiger charge is 2.31. The topological polar surface area (TPSA) is 71.3 Å². The number of nitrogens with one attached hydrogen (secondary N) is 1. The van der Waals surface area contributed by atoms with Crippen molar-refractivity contribution in [2.24, 2.45) is 0 Å². The van der Waals surface area contributed by atoms with Crippen LogP contribution in [0.3, 0.4) is 0 Å². The molecule has 0 unspecified atom stereocenters. The van der Waals surface area contributed by atoms with Crippen molar-refractivity contribution in [2.75, 3.05) is 18.0 Å². The van der Waals surface area contributed by atoms with Gasteiger partial charge in [-0.1, -0.05) is 0 Å². The third kappa shape index (κ3) is 4.81. The summed E-state index contributed by atoms with van der Waals surface area (Å²) in [6.45, 7) is 1.23. The van der Waals surface area contributed by atoms with Crippen LogP contribution in [0.5, 0.6) is 0 Å². The molecule has 0 radical (unpaired) electrons. The van der Waals surface area contributed by atoms with Gasteiger partial charge in [-0.25, -0.2) is 9.97 Å². The average molecular weight is 436 g/mol. The molecule has 0 bridgehead atoms. The standard InChI is InChI=1S/C20H19F3N4O2S/c21-20(22,23)13-3-4-17(24-11-13)27-7-5-14(6-8-27)25-18(28)10-15-12-30-19(26-15)16-2-1-9-29-16/h1-4,9,11-12,14H,5-8,10H2,(H,25,28). The van der Waals surface area contributed by atoms with Crippen LogP contribution in [0.15, 0.2) is 46.5 Å². The highest BCUT2D eigenvalue weighted by atomic mass is 32.1. The SMILES string of the molecule is O=C(Cc1csc(-c2ccco2)n1)NC1CCN(c2ccc(C(F)(F)F)cn2)CC1. The number of anilines is 1. The number of amides is 1. The molecule has 158 valence electrons. The van der Waals surface area contributed by atoms with E-state index < -0.39 is 11.7 Å². The Morgan fingerprint density at radius 2 is 2.07 bits per heavy atom. The van der Waals surface area contributed by atoms with Crippen LogP contribution in [0, 0.1) is 0 Å². The summed E-state index contributed by atoms with van der Waals surface area (Å²) in [5, 5.41) is 5.60. The van der Waals surface area contributed by atoms with E-state index in [-0.39, 0.29) is 18.4 Å². The molecular formula is C20H19F3N4O2S. The molecule has 3 aromatic rings. The van der Waals surface area contributed by atoms with E-state index in [9.17, 15) is 18.0 Å². The van der Waals surface area contributed by atoms with Crippen LogP contribution in [0.4, 0.5) is 19.0 Å². The normalized spacial score (nSPS) is 15.4. The van der Waals surface area contributed by atoms with Gasteiger partial charge in [-0.05, 0) is 37.1 Å². The third-order valence-corrected chi connectivity index (χ3v) is 5.79. The minimum Gasteiger partial charge on any atom is -0.462 e. The Bertz CT molecular complexity index is 978. The van der Waals surface area contributed by atoms with Crippen molar-refractivity contribution in [3.05, 3.63) is 53.4 Å². The van der Waals surface area contributed by atoms with E-state index in [1.165, 1.54) is 17.4 Å². The fourth-order valence-corrected chi connectivity index (χ4v) is 4.12. The first kappa shape index (κ1) is 20.4. The first-order chi connectivity index (χ1) is 14.4. The number of furan rings is 1. The summed E-state index contributed by atoms with van der Waals surface area (Å²) in [5.41, 5.74) is -0.0686. The van der Waals surface area contributed by atoms with Gasteiger partial charge >= 0.3 is 6.18 Å². The smallest absolute Gasteiger partial charge is 0.417 e. The summed E-state index contributed by atoms with van der Waals surface area (Å²) in [5.74, 6) is 1.09. The lowest BCUT2D eigenvalue weighted by molar-refractivity contribution is -0.137. The van der Waals surface area contributed by atoms with Gasteiger partial charge in [-0.2, -0.15) is 13.2 Å². The van der Waals surface area contributed by atoms with E-state index in [4.69, 9.17) is 4.42 Å². The fourth-order valence-electron chi connectivity index (χ4n) is 3.34. The van der Waals surface area contributed by atoms with Crippen LogP contribution < -0.4 is 10.2 Å². The van der Waals surface area contributed by atoms with Crippen molar-refractivity contribution in [3.8, 4) is 10.8 Å². The molecule has 10 heteroatoms. The number of aromatic nitrogens is 2. The van der Waals surface area contributed by atoms with E-state index in [1.54, 1.807) is 12.3 Å². The van der Waals surface area contributed by atoms with Crippen molar-refractivity contribution in [3.63, 3.8) is 0 Å². The van der Waals surface area contributed by atoms with Crippen LogP contribution in [-0.4, -0.2) is 35.0 Å². The van der Waals surface area contributed by atoms with Crippen molar-refractivity contribution in [2.45, 2.75) is 31.5 Å². The lowest BCUT2D eigenvalue weighted by atomic mass is 10.0. The zero-order valence-electron chi connectivity index (χ0n) is 15.9. The number of hydrogen-bond donors (Lipinski definition) is 1. The molecular weight excluding hydrogens is 417 g/mol. The Hall–Kier alpha value is -2.88. The number of nitrogens with zero attached hydrogens (tertiary/aromatic N) is 3. The Morgan fingerprint density at radius 1 is 1.27 bits per heavy atom. The van der Waals surface area contributed by atoms with Crippen LogP contribution in [0.25, 0.3) is 10.8 Å². The van der Waals surface area contributed by atoms with Crippen molar-refractivity contribution in [1.82, 2.24) is 15.3 Å². The second-order valence-electron chi connectivity index (χ2n) is 7.03. The molecule has 1 N–H and O–H groups in total. The maximum Gasteiger partial charge on any atom is 0.417 e. The van der Waals surface area contributed by atoms with Crippen molar-refractivity contribution < 1.29 is 22.4 Å². The number of hydrogen-bond acceptors (Lipinski definition) is 6. The molecule has 1 aliphatic heterocycles. The molecule has 0 atom stereocenters. The van der Waals surface area contributed by atoms with Crippen LogP contribution >= 0.6 is 11.3 Å².